The molecule has 0 heterocycles. The lowest BCUT2D eigenvalue weighted by Gasteiger charge is -2.26. The van der Waals surface area contributed by atoms with Crippen molar-refractivity contribution in [3.05, 3.63) is 0 Å². The van der Waals surface area contributed by atoms with E-state index in [1.54, 1.807) is 6.26 Å². The van der Waals surface area contributed by atoms with Gasteiger partial charge in [-0.1, -0.05) is 0 Å². The lowest BCUT2D eigenvalue weighted by Crippen LogP contribution is -2.52. The molecule has 0 aromatic rings. The van der Waals surface area contributed by atoms with Gasteiger partial charge < -0.3 is 25.5 Å². The molecule has 2 amide bonds. The number of carbonyl (C=O) groups is 4. The molecule has 2 unspecified atom stereocenters. The molecule has 126 valence electrons. The molecule has 0 bridgehead atoms. The number of nitrogens with zero attached hydrogens (tertiary/aromatic N) is 1. The first-order valence-electron chi connectivity index (χ1n) is 6.40. The predicted octanol–water partition coefficient (Wildman–Crippen LogP) is 0.152. The van der Waals surface area contributed by atoms with Crippen LogP contribution in [-0.4, -0.2) is 75.3 Å². The van der Waals surface area contributed by atoms with Crippen molar-refractivity contribution in [1.82, 2.24) is 10.2 Å². The third kappa shape index (κ3) is 7.16. The molecule has 0 aliphatic rings. The molecule has 0 rings (SSSR count). The number of nitrogens with one attached hydrogen (secondary N) is 1. The normalized spacial score (nSPS) is 13.0. The summed E-state index contributed by atoms with van der Waals surface area (Å²) < 4.78 is 0. The van der Waals surface area contributed by atoms with Crippen LogP contribution in [0.5, 0.6) is 0 Å². The second-order valence-corrected chi connectivity index (χ2v) is 5.50. The first kappa shape index (κ1) is 20.0. The third-order valence-electron chi connectivity index (χ3n) is 2.91. The van der Waals surface area contributed by atoms with E-state index in [1.807, 2.05) is 0 Å². The van der Waals surface area contributed by atoms with Gasteiger partial charge in [0.15, 0.2) is 0 Å². The van der Waals surface area contributed by atoms with Gasteiger partial charge in [-0.15, -0.1) is 0 Å². The Kier molecular flexibility index (Phi) is 8.99. The van der Waals surface area contributed by atoms with Crippen LogP contribution >= 0.6 is 11.8 Å². The molecule has 0 saturated heterocycles. The Morgan fingerprint density at radius 1 is 1.09 bits per heavy atom. The standard InChI is InChI=1S/C12H20N2O7S/c1-14(8(11(19)20)3-4-9(15)16)12(21)13-7(10(17)18)5-6-22-2/h7-8H,3-6H2,1-2H3,(H,13,21)(H,15,16)(H,17,18)(H,19,20). The van der Waals surface area contributed by atoms with Gasteiger partial charge in [0.05, 0.1) is 0 Å². The fourth-order valence-electron chi connectivity index (χ4n) is 1.63. The van der Waals surface area contributed by atoms with E-state index in [1.165, 1.54) is 18.8 Å². The van der Waals surface area contributed by atoms with Crippen molar-refractivity contribution >= 4 is 35.7 Å². The maximum absolute atomic E-state index is 11.9. The van der Waals surface area contributed by atoms with Crippen molar-refractivity contribution in [2.45, 2.75) is 31.3 Å². The first-order valence-corrected chi connectivity index (χ1v) is 7.79. The maximum atomic E-state index is 11.9. The van der Waals surface area contributed by atoms with Crippen LogP contribution < -0.4 is 5.32 Å². The molecule has 0 aliphatic carbocycles. The van der Waals surface area contributed by atoms with Crippen molar-refractivity contribution in [1.29, 1.82) is 0 Å². The lowest BCUT2D eigenvalue weighted by molar-refractivity contribution is -0.143. The molecule has 0 spiro atoms. The summed E-state index contributed by atoms with van der Waals surface area (Å²) in [6.45, 7) is 0. The molecule has 4 N–H and O–H groups in total. The van der Waals surface area contributed by atoms with Gasteiger partial charge in [0.25, 0.3) is 0 Å². The van der Waals surface area contributed by atoms with Gasteiger partial charge >= 0.3 is 23.9 Å². The van der Waals surface area contributed by atoms with Gasteiger partial charge in [-0.05, 0) is 24.9 Å². The highest BCUT2D eigenvalue weighted by Gasteiger charge is 2.29. The quantitative estimate of drug-likeness (QED) is 0.441. The Bertz CT molecular complexity index is 430. The minimum atomic E-state index is -1.35. The van der Waals surface area contributed by atoms with Crippen LogP contribution in [0.3, 0.4) is 0 Å². The Labute approximate surface area is 131 Å². The number of hydrogen-bond acceptors (Lipinski definition) is 5. The van der Waals surface area contributed by atoms with E-state index < -0.39 is 42.4 Å². The highest BCUT2D eigenvalue weighted by atomic mass is 32.2. The number of hydrogen-bond donors (Lipinski definition) is 4. The van der Waals surface area contributed by atoms with E-state index in [0.717, 1.165) is 4.90 Å². The number of urea groups is 1. The molecule has 22 heavy (non-hydrogen) atoms. The molecule has 0 fully saturated rings. The number of rotatable bonds is 10. The molecule has 0 aromatic carbocycles. The van der Waals surface area contributed by atoms with Gasteiger partial charge in [0.2, 0.25) is 0 Å². The van der Waals surface area contributed by atoms with Gasteiger partial charge in [-0.2, -0.15) is 11.8 Å². The number of thioether (sulfide) groups is 1. The van der Waals surface area contributed by atoms with E-state index in [0.29, 0.717) is 5.75 Å². The van der Waals surface area contributed by atoms with Crippen LogP contribution in [0.4, 0.5) is 4.79 Å². The van der Waals surface area contributed by atoms with Crippen molar-refractivity contribution in [3.8, 4) is 0 Å². The predicted molar refractivity (Wildman–Crippen MR) is 79.0 cm³/mol. The number of aliphatic carboxylic acids is 3. The molecule has 10 heteroatoms. The zero-order chi connectivity index (χ0) is 17.3. The minimum absolute atomic E-state index is 0.197. The summed E-state index contributed by atoms with van der Waals surface area (Å²) in [6, 6.07) is -3.34. The fraction of sp³-hybridized carbons (Fsp3) is 0.667. The largest absolute Gasteiger partial charge is 0.481 e. The molecule has 0 aliphatic heterocycles. The monoisotopic (exact) mass is 336 g/mol. The van der Waals surface area contributed by atoms with Crippen molar-refractivity contribution in [3.63, 3.8) is 0 Å². The number of likely N-dealkylation sites (N-methyl/N-ethyl adjacent to an activating group) is 1. The summed E-state index contributed by atoms with van der Waals surface area (Å²) in [6.07, 6.45) is 1.31. The van der Waals surface area contributed by atoms with Gasteiger partial charge in [0, 0.05) is 13.5 Å². The third-order valence-corrected chi connectivity index (χ3v) is 3.55. The summed E-state index contributed by atoms with van der Waals surface area (Å²) in [7, 11) is 1.18. The van der Waals surface area contributed by atoms with E-state index in [2.05, 4.69) is 5.32 Å². The van der Waals surface area contributed by atoms with Crippen molar-refractivity contribution in [2.75, 3.05) is 19.1 Å². The average molecular weight is 336 g/mol. The second-order valence-electron chi connectivity index (χ2n) is 4.52. The summed E-state index contributed by atoms with van der Waals surface area (Å²) in [5, 5.41) is 28.9. The Morgan fingerprint density at radius 3 is 2.09 bits per heavy atom. The average Bonchev–Trinajstić information content (AvgIpc) is 2.41. The van der Waals surface area contributed by atoms with Crippen LogP contribution in [0.25, 0.3) is 0 Å². The topological polar surface area (TPSA) is 144 Å². The number of amides is 2. The number of carboxylic acids is 3. The van der Waals surface area contributed by atoms with Gasteiger partial charge in [0.1, 0.15) is 12.1 Å². The van der Waals surface area contributed by atoms with E-state index in [9.17, 15) is 19.2 Å². The van der Waals surface area contributed by atoms with Gasteiger partial charge in [-0.3, -0.25) is 4.79 Å². The Balaban J connectivity index is 4.79. The zero-order valence-corrected chi connectivity index (χ0v) is 13.1. The van der Waals surface area contributed by atoms with E-state index in [4.69, 9.17) is 15.3 Å². The number of carbonyl (C=O) groups excluding carboxylic acids is 1. The smallest absolute Gasteiger partial charge is 0.326 e. The van der Waals surface area contributed by atoms with Crippen LogP contribution in [0, 0.1) is 0 Å². The maximum Gasteiger partial charge on any atom is 0.326 e. The van der Waals surface area contributed by atoms with Crippen LogP contribution in [0.15, 0.2) is 0 Å². The molecular formula is C12H20N2O7S. The van der Waals surface area contributed by atoms with Crippen molar-refractivity contribution < 1.29 is 34.5 Å². The Morgan fingerprint density at radius 2 is 1.68 bits per heavy atom. The van der Waals surface area contributed by atoms with Crippen LogP contribution in [0.2, 0.25) is 0 Å². The summed E-state index contributed by atoms with van der Waals surface area (Å²) in [4.78, 5) is 45.4. The first-order chi connectivity index (χ1) is 10.2. The van der Waals surface area contributed by atoms with Crippen LogP contribution in [-0.2, 0) is 14.4 Å². The fourth-order valence-corrected chi connectivity index (χ4v) is 2.10. The SMILES string of the molecule is CSCCC(NC(=O)N(C)C(CCC(=O)O)C(=O)O)C(=O)O. The molecule has 0 aromatic heterocycles. The highest BCUT2D eigenvalue weighted by Crippen LogP contribution is 2.08. The van der Waals surface area contributed by atoms with E-state index >= 15 is 0 Å². The van der Waals surface area contributed by atoms with Crippen molar-refractivity contribution in [2.24, 2.45) is 0 Å². The molecule has 9 nitrogen and oxygen atoms in total. The number of carboxylic acid groups (broad SMARTS) is 3. The van der Waals surface area contributed by atoms with Crippen LogP contribution in [0.1, 0.15) is 19.3 Å². The molecular weight excluding hydrogens is 316 g/mol. The van der Waals surface area contributed by atoms with Gasteiger partial charge in [-0.25, -0.2) is 14.4 Å². The highest BCUT2D eigenvalue weighted by molar-refractivity contribution is 7.98. The summed E-state index contributed by atoms with van der Waals surface area (Å²) in [5.74, 6) is -3.23. The molecule has 0 radical (unpaired) electrons. The molecule has 0 saturated carbocycles. The minimum Gasteiger partial charge on any atom is -0.481 e. The molecule has 2 atom stereocenters. The second kappa shape index (κ2) is 9.87. The summed E-state index contributed by atoms with van der Waals surface area (Å²) >= 11 is 1.42. The van der Waals surface area contributed by atoms with E-state index in [-0.39, 0.29) is 12.8 Å². The zero-order valence-electron chi connectivity index (χ0n) is 12.3. The lowest BCUT2D eigenvalue weighted by atomic mass is 10.1. The Hall–Kier alpha value is -1.97. The summed E-state index contributed by atoms with van der Waals surface area (Å²) in [5.41, 5.74) is 0.